The largest absolute Gasteiger partial charge is 0.497 e. The van der Waals surface area contributed by atoms with E-state index in [0.717, 1.165) is 10.0 Å². The molecule has 2 rings (SSSR count). The summed E-state index contributed by atoms with van der Waals surface area (Å²) in [6.07, 6.45) is 0.0233. The normalized spacial score (nSPS) is 10.2. The highest BCUT2D eigenvalue weighted by molar-refractivity contribution is 9.10. The smallest absolute Gasteiger partial charge is 0.282 e. The molecule has 0 aliphatic heterocycles. The van der Waals surface area contributed by atoms with Gasteiger partial charge in [-0.1, -0.05) is 22.0 Å². The molecular formula is C18H18BrN3O5. The zero-order valence-corrected chi connectivity index (χ0v) is 16.3. The summed E-state index contributed by atoms with van der Waals surface area (Å²) in [6, 6.07) is 9.42. The van der Waals surface area contributed by atoms with Gasteiger partial charge in [-0.3, -0.25) is 19.7 Å². The maximum Gasteiger partial charge on any atom is 0.282 e. The maximum absolute atomic E-state index is 12.3. The summed E-state index contributed by atoms with van der Waals surface area (Å²) >= 11 is 3.34. The van der Waals surface area contributed by atoms with E-state index in [-0.39, 0.29) is 30.1 Å². The number of carbonyl (C=O) groups excluding carboxylic acids is 2. The number of rotatable bonds is 7. The number of halogens is 1. The monoisotopic (exact) mass is 435 g/mol. The van der Waals surface area contributed by atoms with Crippen molar-refractivity contribution in [2.75, 3.05) is 19.0 Å². The molecule has 0 saturated heterocycles. The number of methoxy groups -OCH3 is 1. The molecule has 0 spiro atoms. The molecule has 0 unspecified atom stereocenters. The zero-order valence-electron chi connectivity index (χ0n) is 14.7. The van der Waals surface area contributed by atoms with E-state index in [0.29, 0.717) is 11.4 Å². The fourth-order valence-electron chi connectivity index (χ4n) is 2.31. The highest BCUT2D eigenvalue weighted by Crippen LogP contribution is 2.24. The van der Waals surface area contributed by atoms with Gasteiger partial charge in [0.1, 0.15) is 11.3 Å². The lowest BCUT2D eigenvalue weighted by Gasteiger charge is -2.10. The fourth-order valence-corrected chi connectivity index (χ4v) is 2.67. The molecule has 2 aromatic rings. The third kappa shape index (κ3) is 5.52. The van der Waals surface area contributed by atoms with Crippen LogP contribution in [0.25, 0.3) is 0 Å². The van der Waals surface area contributed by atoms with Crippen molar-refractivity contribution in [1.29, 1.82) is 0 Å². The Labute approximate surface area is 164 Å². The van der Waals surface area contributed by atoms with Crippen molar-refractivity contribution in [2.24, 2.45) is 0 Å². The zero-order chi connectivity index (χ0) is 20.0. The Balaban J connectivity index is 1.97. The number of nitro groups is 1. The third-order valence-electron chi connectivity index (χ3n) is 3.76. The molecule has 142 valence electrons. The third-order valence-corrected chi connectivity index (χ3v) is 4.25. The average molecular weight is 436 g/mol. The number of amides is 2. The Kier molecular flexibility index (Phi) is 6.89. The second-order valence-corrected chi connectivity index (χ2v) is 6.57. The summed E-state index contributed by atoms with van der Waals surface area (Å²) in [7, 11) is 1.40. The van der Waals surface area contributed by atoms with E-state index in [4.69, 9.17) is 4.74 Å². The molecule has 0 aliphatic rings. The van der Waals surface area contributed by atoms with Crippen LogP contribution in [0.3, 0.4) is 0 Å². The van der Waals surface area contributed by atoms with Gasteiger partial charge in [0.2, 0.25) is 5.91 Å². The summed E-state index contributed by atoms with van der Waals surface area (Å²) < 4.78 is 5.83. The summed E-state index contributed by atoms with van der Waals surface area (Å²) in [4.78, 5) is 34.8. The number of nitrogens with zero attached hydrogens (tertiary/aromatic N) is 1. The van der Waals surface area contributed by atoms with E-state index in [1.807, 2.05) is 19.1 Å². The molecule has 0 saturated carbocycles. The van der Waals surface area contributed by atoms with Crippen LogP contribution >= 0.6 is 15.9 Å². The molecule has 0 atom stereocenters. The van der Waals surface area contributed by atoms with Gasteiger partial charge < -0.3 is 15.4 Å². The Morgan fingerprint density at radius 1 is 1.22 bits per heavy atom. The highest BCUT2D eigenvalue weighted by Gasteiger charge is 2.21. The number of ether oxygens (including phenoxy) is 1. The number of nitro benzene ring substituents is 1. The van der Waals surface area contributed by atoms with Gasteiger partial charge in [0.15, 0.2) is 0 Å². The Bertz CT molecular complexity index is 885. The summed E-state index contributed by atoms with van der Waals surface area (Å²) in [6.45, 7) is 1.90. The van der Waals surface area contributed by atoms with Crippen molar-refractivity contribution in [3.05, 3.63) is 62.1 Å². The van der Waals surface area contributed by atoms with Crippen LogP contribution in [0, 0.1) is 17.0 Å². The highest BCUT2D eigenvalue weighted by atomic mass is 79.9. The molecule has 27 heavy (non-hydrogen) atoms. The van der Waals surface area contributed by atoms with Crippen LogP contribution in [-0.2, 0) is 4.79 Å². The maximum atomic E-state index is 12.3. The summed E-state index contributed by atoms with van der Waals surface area (Å²) in [5.74, 6) is -0.600. The topological polar surface area (TPSA) is 111 Å². The van der Waals surface area contributed by atoms with Crippen molar-refractivity contribution < 1.29 is 19.2 Å². The lowest BCUT2D eigenvalue weighted by Crippen LogP contribution is -2.28. The van der Waals surface area contributed by atoms with Crippen LogP contribution in [0.2, 0.25) is 0 Å². The number of aryl methyl sites for hydroxylation is 1. The number of anilines is 1. The minimum Gasteiger partial charge on any atom is -0.497 e. The first-order valence-electron chi connectivity index (χ1n) is 7.98. The van der Waals surface area contributed by atoms with Gasteiger partial charge in [-0.15, -0.1) is 0 Å². The molecule has 2 N–H and O–H groups in total. The number of hydrogen-bond acceptors (Lipinski definition) is 5. The quantitative estimate of drug-likeness (QED) is 0.511. The molecule has 0 bridgehead atoms. The van der Waals surface area contributed by atoms with Gasteiger partial charge in [0.25, 0.3) is 11.6 Å². The van der Waals surface area contributed by atoms with Crippen LogP contribution in [0.1, 0.15) is 22.3 Å². The number of hydrogen-bond donors (Lipinski definition) is 2. The molecule has 2 amide bonds. The average Bonchev–Trinajstić information content (AvgIpc) is 2.64. The van der Waals surface area contributed by atoms with Crippen LogP contribution in [0.5, 0.6) is 5.75 Å². The van der Waals surface area contributed by atoms with Gasteiger partial charge in [-0.25, -0.2) is 0 Å². The lowest BCUT2D eigenvalue weighted by atomic mass is 10.1. The first-order chi connectivity index (χ1) is 12.8. The van der Waals surface area contributed by atoms with Crippen LogP contribution in [-0.4, -0.2) is 30.4 Å². The van der Waals surface area contributed by atoms with Gasteiger partial charge in [-0.2, -0.15) is 0 Å². The van der Waals surface area contributed by atoms with E-state index in [1.165, 1.54) is 25.3 Å². The molecule has 0 radical (unpaired) electrons. The van der Waals surface area contributed by atoms with Gasteiger partial charge in [0, 0.05) is 29.2 Å². The van der Waals surface area contributed by atoms with E-state index in [9.17, 15) is 19.7 Å². The minimum absolute atomic E-state index is 0.0233. The van der Waals surface area contributed by atoms with Crippen LogP contribution in [0.4, 0.5) is 11.4 Å². The summed E-state index contributed by atoms with van der Waals surface area (Å²) in [5, 5.41) is 16.4. The predicted molar refractivity (Wildman–Crippen MR) is 104 cm³/mol. The van der Waals surface area contributed by atoms with Crippen molar-refractivity contribution in [1.82, 2.24) is 5.32 Å². The van der Waals surface area contributed by atoms with Gasteiger partial charge in [0.05, 0.1) is 12.0 Å². The van der Waals surface area contributed by atoms with Crippen molar-refractivity contribution in [3.63, 3.8) is 0 Å². The van der Waals surface area contributed by atoms with Crippen molar-refractivity contribution >= 4 is 39.1 Å². The van der Waals surface area contributed by atoms with Crippen LogP contribution in [0.15, 0.2) is 40.9 Å². The molecule has 0 aliphatic carbocycles. The predicted octanol–water partition coefficient (Wildman–Crippen LogP) is 3.43. The molecule has 0 aromatic heterocycles. The molecule has 0 heterocycles. The lowest BCUT2D eigenvalue weighted by molar-refractivity contribution is -0.385. The summed E-state index contributed by atoms with van der Waals surface area (Å²) in [5.41, 5.74) is 1.12. The molecule has 2 aromatic carbocycles. The van der Waals surface area contributed by atoms with Gasteiger partial charge >= 0.3 is 0 Å². The molecule has 9 heteroatoms. The Hall–Kier alpha value is -2.94. The number of benzene rings is 2. The van der Waals surface area contributed by atoms with E-state index < -0.39 is 10.8 Å². The molecular weight excluding hydrogens is 418 g/mol. The Morgan fingerprint density at radius 2 is 1.96 bits per heavy atom. The molecule has 0 fully saturated rings. The van der Waals surface area contributed by atoms with E-state index in [1.54, 1.807) is 6.07 Å². The van der Waals surface area contributed by atoms with Crippen molar-refractivity contribution in [3.8, 4) is 5.75 Å². The first kappa shape index (κ1) is 20.4. The van der Waals surface area contributed by atoms with E-state index in [2.05, 4.69) is 26.6 Å². The first-order valence-corrected chi connectivity index (χ1v) is 8.77. The Morgan fingerprint density at radius 3 is 2.63 bits per heavy atom. The van der Waals surface area contributed by atoms with E-state index >= 15 is 0 Å². The van der Waals surface area contributed by atoms with Crippen molar-refractivity contribution in [2.45, 2.75) is 13.3 Å². The second-order valence-electron chi connectivity index (χ2n) is 5.65. The minimum atomic E-state index is -0.646. The second kappa shape index (κ2) is 9.13. The molecule has 8 nitrogen and oxygen atoms in total. The number of nitrogens with one attached hydrogen (secondary N) is 2. The van der Waals surface area contributed by atoms with Gasteiger partial charge in [-0.05, 0) is 36.8 Å². The number of carbonyl (C=O) groups is 2. The standard InChI is InChI=1S/C18H18BrN3O5/c1-11-3-4-12(19)9-15(11)21-17(23)7-8-20-18(24)14-10-13(27-2)5-6-16(14)22(25)26/h3-6,9-10H,7-8H2,1-2H3,(H,20,24)(H,21,23). The fraction of sp³-hybridized carbons (Fsp3) is 0.222. The van der Waals surface area contributed by atoms with Crippen LogP contribution < -0.4 is 15.4 Å². The SMILES string of the molecule is COc1ccc([N+](=O)[O-])c(C(=O)NCCC(=O)Nc2cc(Br)ccc2C)c1.